The normalized spacial score (nSPS) is 11.5. The fraction of sp³-hybridized carbons (Fsp3) is 0.176. The summed E-state index contributed by atoms with van der Waals surface area (Å²) in [5, 5.41) is 13.6. The number of anilines is 1. The van der Waals surface area contributed by atoms with Crippen LogP contribution in [0.1, 0.15) is 6.92 Å². The number of hydrogen-bond donors (Lipinski definition) is 1. The van der Waals surface area contributed by atoms with Crippen molar-refractivity contribution in [1.82, 2.24) is 4.98 Å². The van der Waals surface area contributed by atoms with Crippen LogP contribution < -0.4 is 5.32 Å². The predicted molar refractivity (Wildman–Crippen MR) is 104 cm³/mol. The fourth-order valence-electron chi connectivity index (χ4n) is 2.33. The molecule has 11 heteroatoms. The smallest absolute Gasteiger partial charge is 0.271 e. The number of non-ortho nitro benzene ring substituents is 1. The van der Waals surface area contributed by atoms with Crippen LogP contribution in [0.5, 0.6) is 0 Å². The molecule has 0 aliphatic heterocycles. The van der Waals surface area contributed by atoms with Gasteiger partial charge in [-0.15, -0.1) is 0 Å². The third-order valence-corrected chi connectivity index (χ3v) is 6.31. The predicted octanol–water partition coefficient (Wildman–Crippen LogP) is 3.26. The largest absolute Gasteiger partial charge is 0.431 e. The number of amides is 1. The van der Waals surface area contributed by atoms with Crippen molar-refractivity contribution in [2.24, 2.45) is 0 Å². The Morgan fingerprint density at radius 2 is 2.07 bits per heavy atom. The molecular formula is C17H15N3O6S2. The third kappa shape index (κ3) is 4.49. The number of hydrogen-bond acceptors (Lipinski definition) is 8. The Kier molecular flexibility index (Phi) is 5.66. The highest BCUT2D eigenvalue weighted by Gasteiger charge is 2.15. The maximum atomic E-state index is 12.1. The van der Waals surface area contributed by atoms with Crippen molar-refractivity contribution >= 4 is 50.0 Å². The summed E-state index contributed by atoms with van der Waals surface area (Å²) in [4.78, 5) is 26.6. The summed E-state index contributed by atoms with van der Waals surface area (Å²) >= 11 is 1.03. The maximum Gasteiger partial charge on any atom is 0.271 e. The van der Waals surface area contributed by atoms with E-state index < -0.39 is 14.8 Å². The second-order valence-electron chi connectivity index (χ2n) is 5.66. The first-order valence-corrected chi connectivity index (χ1v) is 10.7. The molecule has 1 heterocycles. The molecule has 0 aliphatic carbocycles. The van der Waals surface area contributed by atoms with E-state index in [0.29, 0.717) is 16.8 Å². The molecule has 0 atom stereocenters. The van der Waals surface area contributed by atoms with Gasteiger partial charge in [-0.05, 0) is 24.3 Å². The molecule has 9 nitrogen and oxygen atoms in total. The van der Waals surface area contributed by atoms with Crippen molar-refractivity contribution in [2.45, 2.75) is 17.0 Å². The molecule has 1 aromatic heterocycles. The van der Waals surface area contributed by atoms with Gasteiger partial charge < -0.3 is 9.73 Å². The van der Waals surface area contributed by atoms with E-state index >= 15 is 0 Å². The summed E-state index contributed by atoms with van der Waals surface area (Å²) in [6.07, 6.45) is 0. The molecule has 0 fully saturated rings. The molecule has 0 radical (unpaired) electrons. The minimum atomic E-state index is -3.35. The van der Waals surface area contributed by atoms with Crippen molar-refractivity contribution < 1.29 is 22.6 Å². The van der Waals surface area contributed by atoms with Crippen LogP contribution in [-0.2, 0) is 14.6 Å². The average molecular weight is 421 g/mol. The van der Waals surface area contributed by atoms with Gasteiger partial charge in [-0.2, -0.15) is 0 Å². The standard InChI is InChI=1S/C17H15N3O6S2/c1-2-28(24,25)13-6-7-15-14(9-13)19-17(26-15)27-10-16(21)18-11-4-3-5-12(8-11)20(22)23/h3-9H,2,10H2,1H3,(H,18,21). The van der Waals surface area contributed by atoms with Crippen LogP contribution in [-0.4, -0.2) is 35.7 Å². The van der Waals surface area contributed by atoms with Gasteiger partial charge in [0.2, 0.25) is 5.91 Å². The molecule has 3 aromatic rings. The second kappa shape index (κ2) is 7.98. The average Bonchev–Trinajstić information content (AvgIpc) is 3.08. The molecule has 146 valence electrons. The van der Waals surface area contributed by atoms with E-state index in [0.717, 1.165) is 11.8 Å². The Balaban J connectivity index is 1.67. The highest BCUT2D eigenvalue weighted by Crippen LogP contribution is 2.26. The summed E-state index contributed by atoms with van der Waals surface area (Å²) in [5.74, 6) is -0.437. The van der Waals surface area contributed by atoms with Gasteiger partial charge in [0.15, 0.2) is 15.4 Å². The maximum absolute atomic E-state index is 12.1. The Morgan fingerprint density at radius 1 is 1.29 bits per heavy atom. The van der Waals surface area contributed by atoms with Crippen LogP contribution in [0.25, 0.3) is 11.1 Å². The lowest BCUT2D eigenvalue weighted by molar-refractivity contribution is -0.384. The van der Waals surface area contributed by atoms with Crippen LogP contribution in [0.2, 0.25) is 0 Å². The zero-order valence-electron chi connectivity index (χ0n) is 14.6. The lowest BCUT2D eigenvalue weighted by atomic mass is 10.3. The van der Waals surface area contributed by atoms with E-state index in [1.807, 2.05) is 0 Å². The van der Waals surface area contributed by atoms with E-state index in [1.165, 1.54) is 36.4 Å². The van der Waals surface area contributed by atoms with E-state index in [4.69, 9.17) is 4.42 Å². The Bertz CT molecular complexity index is 1160. The van der Waals surface area contributed by atoms with Gasteiger partial charge in [0.05, 0.1) is 21.3 Å². The van der Waals surface area contributed by atoms with E-state index in [2.05, 4.69) is 10.3 Å². The van der Waals surface area contributed by atoms with Crippen molar-refractivity contribution in [3.8, 4) is 0 Å². The summed E-state index contributed by atoms with van der Waals surface area (Å²) in [7, 11) is -3.35. The Hall–Kier alpha value is -2.92. The second-order valence-corrected chi connectivity index (χ2v) is 8.86. The minimum Gasteiger partial charge on any atom is -0.431 e. The van der Waals surface area contributed by atoms with Crippen molar-refractivity contribution in [3.63, 3.8) is 0 Å². The molecule has 28 heavy (non-hydrogen) atoms. The number of aromatic nitrogens is 1. The monoisotopic (exact) mass is 421 g/mol. The molecule has 3 rings (SSSR count). The fourth-order valence-corrected chi connectivity index (χ4v) is 3.87. The van der Waals surface area contributed by atoms with Gasteiger partial charge in [0, 0.05) is 17.8 Å². The molecule has 0 saturated heterocycles. The molecule has 0 bridgehead atoms. The van der Waals surface area contributed by atoms with E-state index in [1.54, 1.807) is 13.0 Å². The van der Waals surface area contributed by atoms with Crippen molar-refractivity contribution in [3.05, 3.63) is 52.6 Å². The van der Waals surface area contributed by atoms with Gasteiger partial charge in [-0.25, -0.2) is 13.4 Å². The highest BCUT2D eigenvalue weighted by atomic mass is 32.2. The first kappa shape index (κ1) is 19.8. The molecule has 2 aromatic carbocycles. The molecule has 0 aliphatic rings. The SMILES string of the molecule is CCS(=O)(=O)c1ccc2oc(SCC(=O)Nc3cccc([N+](=O)[O-])c3)nc2c1. The molecule has 0 spiro atoms. The highest BCUT2D eigenvalue weighted by molar-refractivity contribution is 7.99. The Morgan fingerprint density at radius 3 is 2.79 bits per heavy atom. The van der Waals surface area contributed by atoms with E-state index in [9.17, 15) is 23.3 Å². The number of oxazole rings is 1. The number of nitro groups is 1. The number of carbonyl (C=O) groups is 1. The number of nitrogens with zero attached hydrogens (tertiary/aromatic N) is 2. The molecule has 1 N–H and O–H groups in total. The third-order valence-electron chi connectivity index (χ3n) is 3.75. The van der Waals surface area contributed by atoms with Crippen LogP contribution in [0.15, 0.2) is 57.0 Å². The first-order chi connectivity index (χ1) is 13.3. The summed E-state index contributed by atoms with van der Waals surface area (Å²) in [5.41, 5.74) is 0.988. The number of nitrogens with one attached hydrogen (secondary N) is 1. The summed E-state index contributed by atoms with van der Waals surface area (Å²) in [6, 6.07) is 10.0. The molecular weight excluding hydrogens is 406 g/mol. The number of carbonyl (C=O) groups excluding carboxylic acids is 1. The van der Waals surface area contributed by atoms with E-state index in [-0.39, 0.29) is 33.2 Å². The zero-order valence-corrected chi connectivity index (χ0v) is 16.2. The van der Waals surface area contributed by atoms with Crippen LogP contribution in [0.3, 0.4) is 0 Å². The van der Waals surface area contributed by atoms with Gasteiger partial charge in [-0.1, -0.05) is 24.8 Å². The topological polar surface area (TPSA) is 132 Å². The Labute approximate surface area is 164 Å². The van der Waals surface area contributed by atoms with Crippen molar-refractivity contribution in [1.29, 1.82) is 0 Å². The number of thioether (sulfide) groups is 1. The number of nitro benzene ring substituents is 1. The van der Waals surface area contributed by atoms with Crippen LogP contribution in [0.4, 0.5) is 11.4 Å². The van der Waals surface area contributed by atoms with Gasteiger partial charge >= 0.3 is 0 Å². The van der Waals surface area contributed by atoms with Gasteiger partial charge in [0.25, 0.3) is 10.9 Å². The first-order valence-electron chi connectivity index (χ1n) is 8.09. The minimum absolute atomic E-state index is 0.0181. The van der Waals surface area contributed by atoms with Crippen LogP contribution >= 0.6 is 11.8 Å². The quantitative estimate of drug-likeness (QED) is 0.349. The van der Waals surface area contributed by atoms with Crippen molar-refractivity contribution in [2.75, 3.05) is 16.8 Å². The lowest BCUT2D eigenvalue weighted by Crippen LogP contribution is -2.14. The number of fused-ring (bicyclic) bond motifs is 1. The number of benzene rings is 2. The van der Waals surface area contributed by atoms with Crippen LogP contribution in [0, 0.1) is 10.1 Å². The summed E-state index contributed by atoms with van der Waals surface area (Å²) in [6.45, 7) is 1.56. The van der Waals surface area contributed by atoms with Gasteiger partial charge in [0.1, 0.15) is 5.52 Å². The zero-order chi connectivity index (χ0) is 20.3. The number of rotatable bonds is 7. The van der Waals surface area contributed by atoms with Gasteiger partial charge in [-0.3, -0.25) is 14.9 Å². The number of sulfone groups is 1. The molecule has 1 amide bonds. The molecule has 0 unspecified atom stereocenters. The summed E-state index contributed by atoms with van der Waals surface area (Å²) < 4.78 is 29.4. The lowest BCUT2D eigenvalue weighted by Gasteiger charge is -2.03. The molecule has 0 saturated carbocycles.